The highest BCUT2D eigenvalue weighted by molar-refractivity contribution is 7.07. The standard InChI is InChI=1S/C17H16ClN3OS/c1-11-6-7-12(2)15(8-11)20-22-17-19-16(21-23-17)10-13-4-3-5-14(18)9-13/h3-9,20H,10H2,1-2H3. The van der Waals surface area contributed by atoms with Crippen molar-refractivity contribution < 1.29 is 4.84 Å². The Labute approximate surface area is 144 Å². The van der Waals surface area contributed by atoms with E-state index in [2.05, 4.69) is 20.9 Å². The van der Waals surface area contributed by atoms with Gasteiger partial charge >= 0.3 is 5.19 Å². The topological polar surface area (TPSA) is 47.0 Å². The lowest BCUT2D eigenvalue weighted by atomic mass is 10.1. The first-order valence-corrected chi connectivity index (χ1v) is 8.32. The van der Waals surface area contributed by atoms with Gasteiger partial charge in [0, 0.05) is 23.0 Å². The van der Waals surface area contributed by atoms with Crippen molar-refractivity contribution >= 4 is 28.8 Å². The summed E-state index contributed by atoms with van der Waals surface area (Å²) in [6, 6.07) is 13.8. The maximum Gasteiger partial charge on any atom is 0.321 e. The largest absolute Gasteiger partial charge is 0.348 e. The number of rotatable bonds is 5. The third-order valence-corrected chi connectivity index (χ3v) is 4.21. The molecule has 23 heavy (non-hydrogen) atoms. The molecule has 0 fully saturated rings. The highest BCUT2D eigenvalue weighted by Crippen LogP contribution is 2.21. The molecule has 0 atom stereocenters. The first kappa shape index (κ1) is 15.8. The zero-order chi connectivity index (χ0) is 16.2. The summed E-state index contributed by atoms with van der Waals surface area (Å²) in [6.07, 6.45) is 0.629. The van der Waals surface area contributed by atoms with Gasteiger partial charge in [-0.3, -0.25) is 0 Å². The van der Waals surface area contributed by atoms with Crippen LogP contribution in [-0.4, -0.2) is 9.36 Å². The average molecular weight is 346 g/mol. The van der Waals surface area contributed by atoms with Crippen molar-refractivity contribution in [2.45, 2.75) is 20.3 Å². The molecule has 0 aliphatic heterocycles. The van der Waals surface area contributed by atoms with Crippen LogP contribution < -0.4 is 10.3 Å². The van der Waals surface area contributed by atoms with Crippen molar-refractivity contribution in [3.63, 3.8) is 0 Å². The van der Waals surface area contributed by atoms with Crippen molar-refractivity contribution in [2.75, 3.05) is 5.48 Å². The predicted molar refractivity (Wildman–Crippen MR) is 94.3 cm³/mol. The van der Waals surface area contributed by atoms with Crippen LogP contribution in [0.2, 0.25) is 5.02 Å². The molecular weight excluding hydrogens is 330 g/mol. The molecule has 6 heteroatoms. The molecule has 1 aromatic heterocycles. The normalized spacial score (nSPS) is 10.6. The number of aryl methyl sites for hydroxylation is 2. The minimum Gasteiger partial charge on any atom is -0.348 e. The monoisotopic (exact) mass is 345 g/mol. The molecule has 4 nitrogen and oxygen atoms in total. The smallest absolute Gasteiger partial charge is 0.321 e. The first-order valence-electron chi connectivity index (χ1n) is 7.17. The van der Waals surface area contributed by atoms with Crippen LogP contribution in [0.3, 0.4) is 0 Å². The van der Waals surface area contributed by atoms with Crippen LogP contribution in [0.1, 0.15) is 22.5 Å². The number of halogens is 1. The van der Waals surface area contributed by atoms with E-state index in [-0.39, 0.29) is 0 Å². The minimum atomic E-state index is 0.489. The SMILES string of the molecule is Cc1ccc(C)c(NOc2nc(Cc3cccc(Cl)c3)ns2)c1. The molecule has 3 aromatic rings. The van der Waals surface area contributed by atoms with Gasteiger partial charge in [0.05, 0.1) is 5.69 Å². The number of hydrogen-bond acceptors (Lipinski definition) is 5. The molecule has 118 valence electrons. The summed E-state index contributed by atoms with van der Waals surface area (Å²) in [5, 5.41) is 1.20. The van der Waals surface area contributed by atoms with E-state index in [0.29, 0.717) is 16.6 Å². The van der Waals surface area contributed by atoms with Crippen LogP contribution in [0.4, 0.5) is 5.69 Å². The average Bonchev–Trinajstić information content (AvgIpc) is 2.96. The Bertz CT molecular complexity index is 819. The first-order chi connectivity index (χ1) is 11.1. The predicted octanol–water partition coefficient (Wildman–Crippen LogP) is 4.81. The Hall–Kier alpha value is -2.11. The Morgan fingerprint density at radius 3 is 2.87 bits per heavy atom. The molecule has 0 saturated carbocycles. The molecule has 0 unspecified atom stereocenters. The fourth-order valence-corrected chi connectivity index (χ4v) is 2.85. The summed E-state index contributed by atoms with van der Waals surface area (Å²) < 4.78 is 4.32. The van der Waals surface area contributed by atoms with Crippen LogP contribution in [-0.2, 0) is 6.42 Å². The van der Waals surface area contributed by atoms with Crippen molar-refractivity contribution in [1.29, 1.82) is 0 Å². The lowest BCUT2D eigenvalue weighted by Gasteiger charge is -2.08. The molecule has 0 spiro atoms. The van der Waals surface area contributed by atoms with E-state index < -0.39 is 0 Å². The van der Waals surface area contributed by atoms with E-state index in [0.717, 1.165) is 22.6 Å². The van der Waals surface area contributed by atoms with E-state index in [1.54, 1.807) is 0 Å². The number of nitrogens with one attached hydrogen (secondary N) is 1. The number of anilines is 1. The van der Waals surface area contributed by atoms with Gasteiger partial charge in [-0.25, -0.2) is 5.48 Å². The van der Waals surface area contributed by atoms with Crippen LogP contribution in [0.15, 0.2) is 42.5 Å². The van der Waals surface area contributed by atoms with Gasteiger partial charge in [0.2, 0.25) is 0 Å². The van der Waals surface area contributed by atoms with E-state index in [9.17, 15) is 0 Å². The molecule has 0 amide bonds. The molecule has 0 aliphatic rings. The Balaban J connectivity index is 1.64. The zero-order valence-corrected chi connectivity index (χ0v) is 14.4. The van der Waals surface area contributed by atoms with Gasteiger partial charge in [-0.15, -0.1) is 0 Å². The van der Waals surface area contributed by atoms with Gasteiger partial charge in [0.25, 0.3) is 0 Å². The fraction of sp³-hybridized carbons (Fsp3) is 0.176. The fourth-order valence-electron chi connectivity index (χ4n) is 2.13. The van der Waals surface area contributed by atoms with Crippen LogP contribution >= 0.6 is 23.1 Å². The zero-order valence-electron chi connectivity index (χ0n) is 12.8. The third-order valence-electron chi connectivity index (χ3n) is 3.34. The van der Waals surface area contributed by atoms with Gasteiger partial charge in [-0.05, 0) is 48.7 Å². The highest BCUT2D eigenvalue weighted by Gasteiger charge is 2.08. The van der Waals surface area contributed by atoms with E-state index in [1.165, 1.54) is 17.1 Å². The van der Waals surface area contributed by atoms with Gasteiger partial charge in [-0.2, -0.15) is 9.36 Å². The second kappa shape index (κ2) is 6.98. The molecule has 0 saturated heterocycles. The number of nitrogens with zero attached hydrogens (tertiary/aromatic N) is 2. The molecule has 0 aliphatic carbocycles. The third kappa shape index (κ3) is 4.21. The van der Waals surface area contributed by atoms with Crippen molar-refractivity contribution in [1.82, 2.24) is 9.36 Å². The summed E-state index contributed by atoms with van der Waals surface area (Å²) in [7, 11) is 0. The molecule has 1 N–H and O–H groups in total. The molecule has 0 radical (unpaired) electrons. The van der Waals surface area contributed by atoms with Crippen molar-refractivity contribution in [3.05, 3.63) is 70.0 Å². The lowest BCUT2D eigenvalue weighted by Crippen LogP contribution is -2.06. The molecule has 3 rings (SSSR count). The maximum absolute atomic E-state index is 5.99. The number of hydrogen-bond donors (Lipinski definition) is 1. The quantitative estimate of drug-likeness (QED) is 0.674. The Morgan fingerprint density at radius 2 is 2.04 bits per heavy atom. The summed E-state index contributed by atoms with van der Waals surface area (Å²) in [5.74, 6) is 0.718. The molecule has 2 aromatic carbocycles. The van der Waals surface area contributed by atoms with Gasteiger partial charge in [0.1, 0.15) is 0 Å². The maximum atomic E-state index is 5.99. The Morgan fingerprint density at radius 1 is 1.17 bits per heavy atom. The second-order valence-corrected chi connectivity index (χ2v) is 6.46. The van der Waals surface area contributed by atoms with Crippen molar-refractivity contribution in [2.24, 2.45) is 0 Å². The summed E-state index contributed by atoms with van der Waals surface area (Å²) in [4.78, 5) is 9.92. The number of aromatic nitrogens is 2. The van der Waals surface area contributed by atoms with Gasteiger partial charge in [-0.1, -0.05) is 35.9 Å². The minimum absolute atomic E-state index is 0.489. The van der Waals surface area contributed by atoms with Crippen LogP contribution in [0.5, 0.6) is 5.19 Å². The molecule has 1 heterocycles. The van der Waals surface area contributed by atoms with Crippen LogP contribution in [0.25, 0.3) is 0 Å². The number of benzene rings is 2. The molecular formula is C17H16ClN3OS. The lowest BCUT2D eigenvalue weighted by molar-refractivity contribution is 0.401. The van der Waals surface area contributed by atoms with E-state index in [1.807, 2.05) is 50.2 Å². The molecule has 0 bridgehead atoms. The van der Waals surface area contributed by atoms with Gasteiger partial charge < -0.3 is 4.84 Å². The van der Waals surface area contributed by atoms with E-state index in [4.69, 9.17) is 16.4 Å². The summed E-state index contributed by atoms with van der Waals surface area (Å²) in [6.45, 7) is 4.06. The van der Waals surface area contributed by atoms with Crippen molar-refractivity contribution in [3.8, 4) is 5.19 Å². The van der Waals surface area contributed by atoms with E-state index >= 15 is 0 Å². The summed E-state index contributed by atoms with van der Waals surface area (Å²) in [5.41, 5.74) is 7.22. The van der Waals surface area contributed by atoms with Gasteiger partial charge in [0.15, 0.2) is 5.82 Å². The highest BCUT2D eigenvalue weighted by atomic mass is 35.5. The second-order valence-electron chi connectivity index (χ2n) is 5.31. The Kier molecular flexibility index (Phi) is 4.79. The summed E-state index contributed by atoms with van der Waals surface area (Å²) >= 11 is 7.21. The van der Waals surface area contributed by atoms with Crippen LogP contribution in [0, 0.1) is 13.8 Å².